The van der Waals surface area contributed by atoms with Crippen molar-refractivity contribution >= 4 is 45.8 Å². The van der Waals surface area contributed by atoms with Gasteiger partial charge in [0.05, 0.1) is 12.1 Å². The maximum absolute atomic E-state index is 13.1. The van der Waals surface area contributed by atoms with E-state index in [1.165, 1.54) is 17.0 Å². The van der Waals surface area contributed by atoms with Gasteiger partial charge in [0.25, 0.3) is 0 Å². The molecule has 2 unspecified atom stereocenters. The average Bonchev–Trinajstić information content (AvgIpc) is 3.45. The second-order valence-electron chi connectivity index (χ2n) is 9.07. The molecule has 0 saturated heterocycles. The highest BCUT2D eigenvalue weighted by molar-refractivity contribution is 7.17. The first-order valence-corrected chi connectivity index (χ1v) is 12.4. The smallest absolute Gasteiger partial charge is 0.227 e. The summed E-state index contributed by atoms with van der Waals surface area (Å²) in [7, 11) is 0. The predicted octanol–water partition coefficient (Wildman–Crippen LogP) is 4.04. The van der Waals surface area contributed by atoms with Gasteiger partial charge < -0.3 is 10.4 Å². The van der Waals surface area contributed by atoms with Crippen LogP contribution in [0.3, 0.4) is 0 Å². The van der Waals surface area contributed by atoms with Gasteiger partial charge in [0, 0.05) is 22.0 Å². The van der Waals surface area contributed by atoms with Crippen molar-refractivity contribution in [2.24, 2.45) is 16.0 Å². The SMILES string of the molecule is Cc1sc2c(c1C)C(C1=CC(C)C(C=O)=C1)=N[C@H](CC(=O)Nc1ccc(O)cc1)C1=NNC(C)N12. The van der Waals surface area contributed by atoms with Crippen molar-refractivity contribution in [3.05, 3.63) is 63.6 Å². The molecule has 0 bridgehead atoms. The van der Waals surface area contributed by atoms with Crippen LogP contribution in [0, 0.1) is 19.8 Å². The molecule has 3 atom stereocenters. The minimum absolute atomic E-state index is 0.00548. The number of aliphatic imine (C=N–C) groups is 1. The van der Waals surface area contributed by atoms with Crippen molar-refractivity contribution < 1.29 is 14.7 Å². The Kier molecular flexibility index (Phi) is 5.80. The van der Waals surface area contributed by atoms with Gasteiger partial charge in [0.2, 0.25) is 5.91 Å². The Hall–Kier alpha value is -3.72. The van der Waals surface area contributed by atoms with Crippen LogP contribution in [0.1, 0.15) is 36.3 Å². The number of hydrogen-bond donors (Lipinski definition) is 3. The van der Waals surface area contributed by atoms with Crippen LogP contribution in [-0.4, -0.2) is 41.1 Å². The highest BCUT2D eigenvalue weighted by atomic mass is 32.1. The van der Waals surface area contributed by atoms with Crippen molar-refractivity contribution in [3.63, 3.8) is 0 Å². The standard InChI is InChI=1S/C26H27N5O3S/c1-13-9-17(10-18(13)12-32)24-23-14(2)15(3)35-26(23)31-16(4)29-30-25(31)21(28-24)11-22(34)27-19-5-7-20(33)8-6-19/h5-10,12-13,16,21,29,33H,11H2,1-4H3,(H,27,34)/t13?,16?,21-/m1/s1. The predicted molar refractivity (Wildman–Crippen MR) is 139 cm³/mol. The van der Waals surface area contributed by atoms with Gasteiger partial charge in [0.1, 0.15) is 29.2 Å². The normalized spacial score (nSPS) is 22.7. The van der Waals surface area contributed by atoms with E-state index in [0.29, 0.717) is 17.1 Å². The average molecular weight is 490 g/mol. The third-order valence-corrected chi connectivity index (χ3v) is 7.83. The number of hydrazone groups is 1. The van der Waals surface area contributed by atoms with E-state index in [2.05, 4.69) is 40.7 Å². The molecule has 0 fully saturated rings. The Labute approximate surface area is 207 Å². The number of carbonyl (C=O) groups excluding carboxylic acids is 2. The fourth-order valence-corrected chi connectivity index (χ4v) is 5.87. The van der Waals surface area contributed by atoms with E-state index in [-0.39, 0.29) is 30.2 Å². The van der Waals surface area contributed by atoms with Crippen LogP contribution in [0.5, 0.6) is 5.75 Å². The van der Waals surface area contributed by atoms with Crippen LogP contribution in [0.4, 0.5) is 10.7 Å². The summed E-state index contributed by atoms with van der Waals surface area (Å²) in [4.78, 5) is 33.1. The van der Waals surface area contributed by atoms with Crippen LogP contribution >= 0.6 is 11.3 Å². The van der Waals surface area contributed by atoms with Crippen LogP contribution in [-0.2, 0) is 9.59 Å². The molecule has 1 aliphatic carbocycles. The lowest BCUT2D eigenvalue weighted by molar-refractivity contribution is -0.116. The van der Waals surface area contributed by atoms with E-state index < -0.39 is 6.04 Å². The third kappa shape index (κ3) is 4.05. The van der Waals surface area contributed by atoms with Crippen LogP contribution in [0.15, 0.2) is 57.7 Å². The van der Waals surface area contributed by atoms with E-state index in [1.807, 2.05) is 19.9 Å². The number of amidine groups is 1. The molecule has 9 heteroatoms. The van der Waals surface area contributed by atoms with E-state index >= 15 is 0 Å². The topological polar surface area (TPSA) is 106 Å². The molecular formula is C26H27N5O3S. The molecule has 1 aromatic carbocycles. The van der Waals surface area contributed by atoms with Crippen molar-refractivity contribution in [2.45, 2.75) is 46.3 Å². The van der Waals surface area contributed by atoms with E-state index in [0.717, 1.165) is 33.7 Å². The number of phenolic OH excluding ortho intramolecular Hbond substituents is 1. The van der Waals surface area contributed by atoms with Gasteiger partial charge in [-0.1, -0.05) is 13.0 Å². The summed E-state index contributed by atoms with van der Waals surface area (Å²) in [6, 6.07) is 5.83. The molecular weight excluding hydrogens is 462 g/mol. The largest absolute Gasteiger partial charge is 0.508 e. The maximum atomic E-state index is 13.1. The summed E-state index contributed by atoms with van der Waals surface area (Å²) in [5.41, 5.74) is 8.31. The third-order valence-electron chi connectivity index (χ3n) is 6.62. The fraction of sp³-hybridized carbons (Fsp3) is 0.308. The molecule has 0 radical (unpaired) electrons. The molecule has 1 aromatic heterocycles. The van der Waals surface area contributed by atoms with Gasteiger partial charge in [-0.05, 0) is 67.8 Å². The van der Waals surface area contributed by atoms with Gasteiger partial charge >= 0.3 is 0 Å². The molecule has 5 rings (SSSR count). The minimum atomic E-state index is -0.524. The zero-order valence-electron chi connectivity index (χ0n) is 20.0. The van der Waals surface area contributed by atoms with Gasteiger partial charge in [-0.15, -0.1) is 11.3 Å². The lowest BCUT2D eigenvalue weighted by atomic mass is 10.00. The molecule has 1 amide bonds. The molecule has 0 spiro atoms. The summed E-state index contributed by atoms with van der Waals surface area (Å²) in [5.74, 6) is 0.630. The summed E-state index contributed by atoms with van der Waals surface area (Å²) in [6.45, 7) is 8.21. The summed E-state index contributed by atoms with van der Waals surface area (Å²) < 4.78 is 0. The number of aromatic hydroxyl groups is 1. The molecule has 2 aromatic rings. The number of nitrogens with zero attached hydrogens (tertiary/aromatic N) is 3. The molecule has 0 saturated carbocycles. The number of phenols is 1. The van der Waals surface area contributed by atoms with Crippen molar-refractivity contribution in [2.75, 3.05) is 10.2 Å². The lowest BCUT2D eigenvalue weighted by Gasteiger charge is -2.24. The number of hydrogen-bond acceptors (Lipinski definition) is 8. The molecule has 3 heterocycles. The molecule has 2 aliphatic heterocycles. The maximum Gasteiger partial charge on any atom is 0.227 e. The molecule has 3 N–H and O–H groups in total. The molecule has 3 aliphatic rings. The number of aryl methyl sites for hydroxylation is 1. The lowest BCUT2D eigenvalue weighted by Crippen LogP contribution is -2.42. The number of thiophene rings is 1. The number of nitrogens with one attached hydrogen (secondary N) is 2. The van der Waals surface area contributed by atoms with E-state index in [1.54, 1.807) is 23.5 Å². The Morgan fingerprint density at radius 1 is 1.26 bits per heavy atom. The summed E-state index contributed by atoms with van der Waals surface area (Å²) in [6.07, 6.45) is 4.87. The van der Waals surface area contributed by atoms with E-state index in [9.17, 15) is 14.7 Å². The molecule has 35 heavy (non-hydrogen) atoms. The second-order valence-corrected chi connectivity index (χ2v) is 10.3. The zero-order valence-corrected chi connectivity index (χ0v) is 20.8. The number of allylic oxidation sites excluding steroid dienone is 4. The number of amides is 1. The van der Waals surface area contributed by atoms with Gasteiger partial charge in [0.15, 0.2) is 5.84 Å². The molecule has 8 nitrogen and oxygen atoms in total. The number of anilines is 2. The van der Waals surface area contributed by atoms with Gasteiger partial charge in [-0.3, -0.25) is 24.9 Å². The van der Waals surface area contributed by atoms with Crippen molar-refractivity contribution in [1.82, 2.24) is 5.43 Å². The summed E-state index contributed by atoms with van der Waals surface area (Å²) >= 11 is 1.69. The Bertz CT molecular complexity index is 1340. The van der Waals surface area contributed by atoms with Gasteiger partial charge in [-0.25, -0.2) is 0 Å². The Morgan fingerprint density at radius 2 is 2.00 bits per heavy atom. The van der Waals surface area contributed by atoms with Crippen LogP contribution in [0.2, 0.25) is 0 Å². The highest BCUT2D eigenvalue weighted by Gasteiger charge is 2.40. The number of fused-ring (bicyclic) bond motifs is 3. The first-order chi connectivity index (χ1) is 16.8. The van der Waals surface area contributed by atoms with E-state index in [4.69, 9.17) is 4.99 Å². The Morgan fingerprint density at radius 3 is 2.69 bits per heavy atom. The number of rotatable bonds is 5. The van der Waals surface area contributed by atoms with Crippen LogP contribution in [0.25, 0.3) is 0 Å². The first kappa shape index (κ1) is 23.0. The first-order valence-electron chi connectivity index (χ1n) is 11.5. The van der Waals surface area contributed by atoms with Crippen LogP contribution < -0.4 is 15.6 Å². The number of benzene rings is 1. The number of aldehydes is 1. The Balaban J connectivity index is 1.58. The second kappa shape index (κ2) is 8.81. The fourth-order valence-electron chi connectivity index (χ4n) is 4.62. The minimum Gasteiger partial charge on any atom is -0.508 e. The highest BCUT2D eigenvalue weighted by Crippen LogP contribution is 2.42. The summed E-state index contributed by atoms with van der Waals surface area (Å²) in [5, 5.41) is 18.0. The number of carbonyl (C=O) groups is 2. The monoisotopic (exact) mass is 489 g/mol. The molecule has 180 valence electrons. The van der Waals surface area contributed by atoms with Gasteiger partial charge in [-0.2, -0.15) is 5.10 Å². The zero-order chi connectivity index (χ0) is 24.9. The quantitative estimate of drug-likeness (QED) is 0.434. The van der Waals surface area contributed by atoms with Crippen molar-refractivity contribution in [3.8, 4) is 5.75 Å². The van der Waals surface area contributed by atoms with Crippen molar-refractivity contribution in [1.29, 1.82) is 0 Å².